The molecule has 156 valence electrons. The van der Waals surface area contributed by atoms with Crippen molar-refractivity contribution in [3.8, 4) is 28.6 Å². The highest BCUT2D eigenvalue weighted by Gasteiger charge is 2.20. The molecule has 0 aliphatic rings. The fourth-order valence-corrected chi connectivity index (χ4v) is 3.15. The summed E-state index contributed by atoms with van der Waals surface area (Å²) in [6.07, 6.45) is 0. The molecule has 1 aromatic heterocycles. The molecule has 0 fully saturated rings. The molecule has 4 aromatic rings. The molecule has 0 radical (unpaired) electrons. The first-order chi connectivity index (χ1) is 15.1. The summed E-state index contributed by atoms with van der Waals surface area (Å²) in [5, 5.41) is 7.88. The first kappa shape index (κ1) is 20.4. The van der Waals surface area contributed by atoms with Crippen LogP contribution in [0.4, 0.5) is 5.69 Å². The number of carbonyl (C=O) groups is 1. The van der Waals surface area contributed by atoms with Crippen molar-refractivity contribution in [1.82, 2.24) is 14.8 Å². The van der Waals surface area contributed by atoms with Crippen molar-refractivity contribution in [2.75, 3.05) is 19.5 Å². The lowest BCUT2D eigenvalue weighted by Crippen LogP contribution is -2.15. The van der Waals surface area contributed by atoms with Gasteiger partial charge in [-0.05, 0) is 60.7 Å². The minimum absolute atomic E-state index is 0.0201. The van der Waals surface area contributed by atoms with Crippen LogP contribution in [0.1, 0.15) is 10.6 Å². The van der Waals surface area contributed by atoms with Gasteiger partial charge in [0.15, 0.2) is 5.82 Å². The second-order valence-corrected chi connectivity index (χ2v) is 6.97. The molecule has 0 aliphatic carbocycles. The highest BCUT2D eigenvalue weighted by molar-refractivity contribution is 6.30. The van der Waals surface area contributed by atoms with E-state index in [1.54, 1.807) is 49.2 Å². The van der Waals surface area contributed by atoms with Gasteiger partial charge in [-0.2, -0.15) is 0 Å². The van der Waals surface area contributed by atoms with Gasteiger partial charge in [0.05, 0.1) is 25.6 Å². The molecule has 0 saturated heterocycles. The van der Waals surface area contributed by atoms with E-state index in [1.165, 1.54) is 0 Å². The number of ether oxygens (including phenoxy) is 2. The van der Waals surface area contributed by atoms with Crippen LogP contribution in [0.25, 0.3) is 17.1 Å². The lowest BCUT2D eigenvalue weighted by atomic mass is 10.2. The molecule has 3 aromatic carbocycles. The van der Waals surface area contributed by atoms with Crippen LogP contribution in [0.15, 0.2) is 72.8 Å². The zero-order chi connectivity index (χ0) is 21.8. The van der Waals surface area contributed by atoms with Crippen LogP contribution >= 0.6 is 11.6 Å². The molecule has 31 heavy (non-hydrogen) atoms. The number of halogens is 1. The summed E-state index contributed by atoms with van der Waals surface area (Å²) in [7, 11) is 3.14. The smallest absolute Gasteiger partial charge is 0.295 e. The van der Waals surface area contributed by atoms with Gasteiger partial charge in [-0.15, -0.1) is 5.10 Å². The quantitative estimate of drug-likeness (QED) is 0.469. The number of carbonyl (C=O) groups excluding carboxylic acids is 1. The lowest BCUT2D eigenvalue weighted by Gasteiger charge is -2.08. The van der Waals surface area contributed by atoms with Crippen molar-refractivity contribution in [2.45, 2.75) is 0 Å². The summed E-state index contributed by atoms with van der Waals surface area (Å²) in [4.78, 5) is 17.4. The molecule has 7 nitrogen and oxygen atoms in total. The lowest BCUT2D eigenvalue weighted by molar-refractivity contribution is 0.101. The summed E-state index contributed by atoms with van der Waals surface area (Å²) in [6.45, 7) is 0. The van der Waals surface area contributed by atoms with Gasteiger partial charge in [0.2, 0.25) is 5.82 Å². The molecule has 0 unspecified atom stereocenters. The van der Waals surface area contributed by atoms with Gasteiger partial charge in [-0.25, -0.2) is 9.67 Å². The summed E-state index contributed by atoms with van der Waals surface area (Å²) in [5.41, 5.74) is 2.03. The third kappa shape index (κ3) is 4.36. The van der Waals surface area contributed by atoms with Crippen LogP contribution in [-0.4, -0.2) is 34.9 Å². The Morgan fingerprint density at radius 2 is 1.65 bits per heavy atom. The molecule has 0 saturated carbocycles. The Morgan fingerprint density at radius 1 is 0.935 bits per heavy atom. The third-order valence-electron chi connectivity index (χ3n) is 4.58. The number of anilines is 1. The second-order valence-electron chi connectivity index (χ2n) is 6.53. The van der Waals surface area contributed by atoms with Gasteiger partial charge < -0.3 is 14.8 Å². The fraction of sp³-hybridized carbons (Fsp3) is 0.0870. The standard InChI is InChI=1S/C23H19ClN4O3/c1-30-18-13-11-17(12-14-18)28-22(15-7-9-16(24)10-8-15)26-21(27-28)23(29)25-19-5-3-4-6-20(19)31-2/h3-14H,1-2H3,(H,25,29). The van der Waals surface area contributed by atoms with Crippen LogP contribution in [0.5, 0.6) is 11.5 Å². The maximum absolute atomic E-state index is 12.9. The molecule has 8 heteroatoms. The second kappa shape index (κ2) is 8.89. The number of amides is 1. The Balaban J connectivity index is 1.75. The Morgan fingerprint density at radius 3 is 2.32 bits per heavy atom. The van der Waals surface area contributed by atoms with E-state index in [2.05, 4.69) is 15.4 Å². The van der Waals surface area contributed by atoms with E-state index in [0.29, 0.717) is 28.0 Å². The van der Waals surface area contributed by atoms with Gasteiger partial charge in [0, 0.05) is 10.6 Å². The molecule has 0 atom stereocenters. The first-order valence-corrected chi connectivity index (χ1v) is 9.78. The number of hydrogen-bond donors (Lipinski definition) is 1. The van der Waals surface area contributed by atoms with Crippen LogP contribution < -0.4 is 14.8 Å². The third-order valence-corrected chi connectivity index (χ3v) is 4.84. The summed E-state index contributed by atoms with van der Waals surface area (Å²) >= 11 is 6.03. The summed E-state index contributed by atoms with van der Waals surface area (Å²) < 4.78 is 12.1. The van der Waals surface area contributed by atoms with Crippen molar-refractivity contribution < 1.29 is 14.3 Å². The van der Waals surface area contributed by atoms with Gasteiger partial charge in [-0.3, -0.25) is 4.79 Å². The summed E-state index contributed by atoms with van der Waals surface area (Å²) in [6, 6.07) is 21.6. The van der Waals surface area contributed by atoms with E-state index >= 15 is 0 Å². The molecular formula is C23H19ClN4O3. The van der Waals surface area contributed by atoms with E-state index in [1.807, 2.05) is 42.5 Å². The predicted octanol–water partition coefficient (Wildman–Crippen LogP) is 4.86. The summed E-state index contributed by atoms with van der Waals surface area (Å²) in [5.74, 6) is 1.33. The Kier molecular flexibility index (Phi) is 5.86. The van der Waals surface area contributed by atoms with Gasteiger partial charge in [-0.1, -0.05) is 23.7 Å². The molecule has 0 spiro atoms. The topological polar surface area (TPSA) is 78.3 Å². The van der Waals surface area contributed by atoms with E-state index in [0.717, 1.165) is 11.3 Å². The SMILES string of the molecule is COc1ccc(-n2nc(C(=O)Nc3ccccc3OC)nc2-c2ccc(Cl)cc2)cc1. The van der Waals surface area contributed by atoms with Crippen molar-refractivity contribution in [3.63, 3.8) is 0 Å². The van der Waals surface area contributed by atoms with E-state index < -0.39 is 5.91 Å². The average Bonchev–Trinajstić information content (AvgIpc) is 3.25. The van der Waals surface area contributed by atoms with Gasteiger partial charge >= 0.3 is 0 Å². The molecular weight excluding hydrogens is 416 g/mol. The molecule has 4 rings (SSSR count). The normalized spacial score (nSPS) is 10.5. The van der Waals surface area contributed by atoms with Crippen molar-refractivity contribution in [3.05, 3.63) is 83.6 Å². The highest BCUT2D eigenvalue weighted by Crippen LogP contribution is 2.26. The van der Waals surface area contributed by atoms with E-state index in [4.69, 9.17) is 21.1 Å². The zero-order valence-corrected chi connectivity index (χ0v) is 17.6. The maximum Gasteiger partial charge on any atom is 0.295 e. The minimum Gasteiger partial charge on any atom is -0.497 e. The highest BCUT2D eigenvalue weighted by atomic mass is 35.5. The molecule has 1 heterocycles. The number of nitrogens with zero attached hydrogens (tertiary/aromatic N) is 3. The van der Waals surface area contributed by atoms with Gasteiger partial charge in [0.25, 0.3) is 5.91 Å². The van der Waals surface area contributed by atoms with E-state index in [9.17, 15) is 4.79 Å². The number of methoxy groups -OCH3 is 2. The monoisotopic (exact) mass is 434 g/mol. The molecule has 0 bridgehead atoms. The van der Waals surface area contributed by atoms with E-state index in [-0.39, 0.29) is 5.82 Å². The number of benzene rings is 3. The zero-order valence-electron chi connectivity index (χ0n) is 16.9. The predicted molar refractivity (Wildman–Crippen MR) is 119 cm³/mol. The minimum atomic E-state index is -0.452. The Hall–Kier alpha value is -3.84. The fourth-order valence-electron chi connectivity index (χ4n) is 3.02. The molecule has 1 N–H and O–H groups in total. The van der Waals surface area contributed by atoms with Crippen LogP contribution in [0.3, 0.4) is 0 Å². The van der Waals surface area contributed by atoms with Gasteiger partial charge in [0.1, 0.15) is 11.5 Å². The number of aromatic nitrogens is 3. The first-order valence-electron chi connectivity index (χ1n) is 9.41. The largest absolute Gasteiger partial charge is 0.497 e. The van der Waals surface area contributed by atoms with Crippen molar-refractivity contribution in [2.24, 2.45) is 0 Å². The van der Waals surface area contributed by atoms with Crippen molar-refractivity contribution >= 4 is 23.2 Å². The number of para-hydroxylation sites is 2. The van der Waals surface area contributed by atoms with Crippen LogP contribution in [0, 0.1) is 0 Å². The Bertz CT molecular complexity index is 1200. The van der Waals surface area contributed by atoms with Crippen LogP contribution in [0.2, 0.25) is 5.02 Å². The number of rotatable bonds is 6. The molecule has 0 aliphatic heterocycles. The van der Waals surface area contributed by atoms with Crippen molar-refractivity contribution in [1.29, 1.82) is 0 Å². The molecule has 1 amide bonds. The number of nitrogens with one attached hydrogen (secondary N) is 1. The Labute approximate surface area is 184 Å². The maximum atomic E-state index is 12.9. The average molecular weight is 435 g/mol. The van der Waals surface area contributed by atoms with Crippen LogP contribution in [-0.2, 0) is 0 Å². The number of hydrogen-bond acceptors (Lipinski definition) is 5.